The van der Waals surface area contributed by atoms with E-state index in [9.17, 15) is 63.3 Å². The molecule has 0 radical (unpaired) electrons. The number of nitrogens with one attached hydrogen (secondary N) is 5. The van der Waals surface area contributed by atoms with Crippen LogP contribution in [-0.2, 0) is 70.4 Å². The van der Waals surface area contributed by atoms with Gasteiger partial charge in [0.05, 0.1) is 43.7 Å². The van der Waals surface area contributed by atoms with E-state index in [0.29, 0.717) is 83.4 Å². The third-order valence-corrected chi connectivity index (χ3v) is 14.8. The number of piperidine rings is 1. The molecule has 0 saturated carbocycles. The summed E-state index contributed by atoms with van der Waals surface area (Å²) in [6.07, 6.45) is 4.39. The topological polar surface area (TPSA) is 328 Å². The van der Waals surface area contributed by atoms with E-state index in [2.05, 4.69) is 31.5 Å². The van der Waals surface area contributed by atoms with Crippen LogP contribution < -0.4 is 26.6 Å². The Morgan fingerprint density at radius 2 is 1.40 bits per heavy atom. The van der Waals surface area contributed by atoms with Crippen molar-refractivity contribution in [3.05, 3.63) is 29.6 Å². The Hall–Kier alpha value is -6.28. The van der Waals surface area contributed by atoms with E-state index < -0.39 is 89.8 Å². The summed E-state index contributed by atoms with van der Waals surface area (Å²) in [4.78, 5) is 135. The van der Waals surface area contributed by atoms with Crippen molar-refractivity contribution >= 4 is 64.8 Å². The highest BCUT2D eigenvalue weighted by Gasteiger charge is 2.41. The number of aromatic nitrogens is 1. The summed E-state index contributed by atoms with van der Waals surface area (Å²) in [5.74, 6) is -7.46. The molecular weight excluding hydrogens is 981 g/mol. The van der Waals surface area contributed by atoms with Crippen molar-refractivity contribution in [3.63, 3.8) is 0 Å². The lowest BCUT2D eigenvalue weighted by Gasteiger charge is -2.35. The lowest BCUT2D eigenvalue weighted by atomic mass is 9.85. The van der Waals surface area contributed by atoms with Crippen LogP contribution in [0.1, 0.15) is 76.5 Å². The summed E-state index contributed by atoms with van der Waals surface area (Å²) < 4.78 is 12.2. The summed E-state index contributed by atoms with van der Waals surface area (Å²) in [5, 5.41) is 42.1. The number of likely N-dealkylation sites (tertiary alicyclic amines) is 1. The SMILES string of the molecule is CCC(C)C(NC(=O)CCNC(=O)CCC(NC(=O)CN1CCC(CN2CCN(CC(=O)O)CCN(CC(=O)O)CC2)CC1)C(=O)O)C(=O)N[C@H]1CCn2ccc3c2C(=C[C@@H](C(=O)N[C@H]2CC(=O)O[C@H]2OC)C3)C1=O. The average Bonchev–Trinajstić information content (AvgIpc) is 3.94. The lowest BCUT2D eigenvalue weighted by Crippen LogP contribution is -2.54. The maximum Gasteiger partial charge on any atom is 0.326 e. The van der Waals surface area contributed by atoms with E-state index in [1.807, 2.05) is 38.5 Å². The molecule has 3 unspecified atom stereocenters. The van der Waals surface area contributed by atoms with Gasteiger partial charge in [-0.1, -0.05) is 26.3 Å². The molecule has 6 rings (SSSR count). The quantitative estimate of drug-likeness (QED) is 0.0524. The van der Waals surface area contributed by atoms with Gasteiger partial charge in [0.15, 0.2) is 5.78 Å². The Morgan fingerprint density at radius 3 is 2.01 bits per heavy atom. The van der Waals surface area contributed by atoms with Crippen LogP contribution in [0.4, 0.5) is 0 Å². The van der Waals surface area contributed by atoms with Gasteiger partial charge in [-0.05, 0) is 68.7 Å². The Balaban J connectivity index is 0.915. The monoisotopic (exact) mass is 1050 g/mol. The summed E-state index contributed by atoms with van der Waals surface area (Å²) in [5.41, 5.74) is 1.75. The minimum atomic E-state index is -1.34. The molecule has 7 atom stereocenters. The molecule has 0 aromatic carbocycles. The number of hydrogen-bond donors (Lipinski definition) is 8. The van der Waals surface area contributed by atoms with Crippen molar-refractivity contribution < 1.29 is 72.7 Å². The van der Waals surface area contributed by atoms with Crippen molar-refractivity contribution in [1.82, 2.24) is 50.8 Å². The average molecular weight is 1060 g/mol. The van der Waals surface area contributed by atoms with Crippen LogP contribution in [0.5, 0.6) is 0 Å². The molecule has 4 aliphatic heterocycles. The number of carboxylic acid groups (broad SMARTS) is 3. The fourth-order valence-corrected chi connectivity index (χ4v) is 10.4. The molecule has 8 N–H and O–H groups in total. The number of rotatable bonds is 24. The first-order valence-corrected chi connectivity index (χ1v) is 26.0. The highest BCUT2D eigenvalue weighted by molar-refractivity contribution is 6.24. The minimum absolute atomic E-state index is 0.0324. The number of Topliss-reactive ketones (excluding diaryl/α,β-unsaturated/α-hetero) is 1. The van der Waals surface area contributed by atoms with Crippen molar-refractivity contribution in [2.24, 2.45) is 17.8 Å². The summed E-state index contributed by atoms with van der Waals surface area (Å²) in [6.45, 7) is 8.81. The van der Waals surface area contributed by atoms with Gasteiger partial charge in [0.25, 0.3) is 0 Å². The predicted molar refractivity (Wildman–Crippen MR) is 266 cm³/mol. The summed E-state index contributed by atoms with van der Waals surface area (Å²) in [6, 6.07) is -2.18. The number of ether oxygens (including phenoxy) is 2. The molecule has 0 spiro atoms. The van der Waals surface area contributed by atoms with Gasteiger partial charge in [0.1, 0.15) is 18.1 Å². The van der Waals surface area contributed by atoms with Crippen molar-refractivity contribution in [3.8, 4) is 0 Å². The molecule has 3 saturated heterocycles. The van der Waals surface area contributed by atoms with E-state index in [0.717, 1.165) is 24.9 Å². The number of hydrogen-bond acceptors (Lipinski definition) is 16. The molecule has 1 aromatic rings. The van der Waals surface area contributed by atoms with Gasteiger partial charge in [-0.15, -0.1) is 0 Å². The van der Waals surface area contributed by atoms with Gasteiger partial charge in [-0.2, -0.15) is 0 Å². The Labute approximate surface area is 435 Å². The van der Waals surface area contributed by atoms with E-state index in [4.69, 9.17) is 9.47 Å². The van der Waals surface area contributed by atoms with Crippen LogP contribution in [0.15, 0.2) is 18.3 Å². The van der Waals surface area contributed by atoms with Gasteiger partial charge < -0.3 is 60.8 Å². The zero-order valence-corrected chi connectivity index (χ0v) is 43.1. The second-order valence-electron chi connectivity index (χ2n) is 20.3. The van der Waals surface area contributed by atoms with Crippen LogP contribution in [-0.4, -0.2) is 221 Å². The van der Waals surface area contributed by atoms with Crippen molar-refractivity contribution in [2.45, 2.75) is 109 Å². The van der Waals surface area contributed by atoms with Gasteiger partial charge in [-0.3, -0.25) is 57.9 Å². The Morgan fingerprint density at radius 1 is 0.760 bits per heavy atom. The molecule has 5 amide bonds. The van der Waals surface area contributed by atoms with Crippen molar-refractivity contribution in [1.29, 1.82) is 0 Å². The molecule has 25 heteroatoms. The third kappa shape index (κ3) is 16.9. The number of methoxy groups -OCH3 is 1. The van der Waals surface area contributed by atoms with Gasteiger partial charge >= 0.3 is 23.9 Å². The zero-order valence-electron chi connectivity index (χ0n) is 43.1. The van der Waals surface area contributed by atoms with E-state index in [1.54, 1.807) is 13.0 Å². The molecule has 3 fully saturated rings. The van der Waals surface area contributed by atoms with Crippen LogP contribution in [0.3, 0.4) is 0 Å². The maximum absolute atomic E-state index is 14.2. The number of amides is 5. The van der Waals surface area contributed by atoms with E-state index in [1.165, 1.54) is 7.11 Å². The normalized spacial score (nSPS) is 23.3. The molecule has 5 aliphatic rings. The summed E-state index contributed by atoms with van der Waals surface area (Å²) in [7, 11) is 1.37. The Bertz CT molecular complexity index is 2270. The van der Waals surface area contributed by atoms with Crippen LogP contribution >= 0.6 is 0 Å². The van der Waals surface area contributed by atoms with Gasteiger partial charge in [0, 0.05) is 90.6 Å². The summed E-state index contributed by atoms with van der Waals surface area (Å²) >= 11 is 0. The number of cyclic esters (lactones) is 1. The largest absolute Gasteiger partial charge is 0.480 e. The third-order valence-electron chi connectivity index (χ3n) is 14.8. The van der Waals surface area contributed by atoms with E-state index in [-0.39, 0.29) is 75.6 Å². The van der Waals surface area contributed by atoms with E-state index >= 15 is 0 Å². The molecule has 1 aromatic heterocycles. The van der Waals surface area contributed by atoms with Gasteiger partial charge in [0.2, 0.25) is 35.8 Å². The first kappa shape index (κ1) is 58.0. The van der Waals surface area contributed by atoms with Crippen LogP contribution in [0.25, 0.3) is 5.57 Å². The molecule has 1 aliphatic carbocycles. The number of ketones is 1. The second kappa shape index (κ2) is 27.5. The minimum Gasteiger partial charge on any atom is -0.480 e. The first-order chi connectivity index (χ1) is 35.8. The number of carbonyl (C=O) groups is 10. The number of carboxylic acids is 3. The highest BCUT2D eigenvalue weighted by atomic mass is 16.7. The fraction of sp³-hybridized carbons (Fsp3) is 0.680. The molecule has 0 bridgehead atoms. The molecular formula is C50H74N10O15. The molecule has 25 nitrogen and oxygen atoms in total. The second-order valence-corrected chi connectivity index (χ2v) is 20.3. The van der Waals surface area contributed by atoms with Crippen LogP contribution in [0, 0.1) is 17.8 Å². The lowest BCUT2D eigenvalue weighted by molar-refractivity contribution is -0.160. The standard InChI is InChI=1S/C50H74N10O15/c1-4-30(2)44(48(71)53-35-11-16-60-15-10-32-23-33(24-34(45(32)60)46(35)69)47(70)54-37-25-43(68)75-50(37)74-3)55-39(62)7-12-51-38(61)6-5-36(49(72)73)52-40(63)27-56-13-8-31(9-14-56)26-57-17-19-58(28-41(64)65)21-22-59(20-18-57)29-42(66)67/h10,15,24,30-31,33,35-37,44,50H,4-9,11-14,16-23,25-29H2,1-3H3,(H,51,61)(H,52,63)(H,53,71)(H,54,70)(H,55,62)(H,64,65)(H,66,67)(H,72,73)/t30?,33-,35-,36?,37-,44?,50+/m0/s1. The van der Waals surface area contributed by atoms with Gasteiger partial charge in [-0.25, -0.2) is 4.79 Å². The zero-order chi connectivity index (χ0) is 54.3. The predicted octanol–water partition coefficient (Wildman–Crippen LogP) is -1.91. The number of aryl methyl sites for hydroxylation is 1. The number of esters is 1. The number of nitrogens with zero attached hydrogens (tertiary/aromatic N) is 5. The number of aliphatic carboxylic acids is 3. The highest BCUT2D eigenvalue weighted by Crippen LogP contribution is 2.35. The smallest absolute Gasteiger partial charge is 0.326 e. The first-order valence-electron chi connectivity index (χ1n) is 26.0. The number of carbonyl (C=O) groups excluding carboxylic acids is 7. The Kier molecular flexibility index (Phi) is 21.3. The maximum atomic E-state index is 14.2. The molecule has 414 valence electrons. The molecule has 5 heterocycles. The van der Waals surface area contributed by atoms with Crippen molar-refractivity contribution in [2.75, 3.05) is 92.2 Å². The fourth-order valence-electron chi connectivity index (χ4n) is 10.4. The van der Waals surface area contributed by atoms with Crippen LogP contribution in [0.2, 0.25) is 0 Å². The molecule has 75 heavy (non-hydrogen) atoms.